The van der Waals surface area contributed by atoms with Crippen molar-refractivity contribution in [2.24, 2.45) is 0 Å². The number of amides is 1. The Kier molecular flexibility index (Phi) is 7.62. The third-order valence-corrected chi connectivity index (χ3v) is 5.14. The first-order chi connectivity index (χ1) is 13.8. The highest BCUT2D eigenvalue weighted by molar-refractivity contribution is 7.16. The van der Waals surface area contributed by atoms with E-state index < -0.39 is 0 Å². The summed E-state index contributed by atoms with van der Waals surface area (Å²) in [6, 6.07) is 13.5. The van der Waals surface area contributed by atoms with E-state index in [1.165, 1.54) is 17.8 Å². The first kappa shape index (κ1) is 20.1. The van der Waals surface area contributed by atoms with E-state index in [0.717, 1.165) is 40.8 Å². The minimum atomic E-state index is -0.0829. The number of rotatable bonds is 10. The van der Waals surface area contributed by atoms with Crippen molar-refractivity contribution >= 4 is 27.5 Å². The fourth-order valence-electron chi connectivity index (χ4n) is 2.82. The van der Waals surface area contributed by atoms with Crippen molar-refractivity contribution in [2.45, 2.75) is 39.2 Å². The number of carbonyl (C=O) groups excluding carboxylic acids is 1. The van der Waals surface area contributed by atoms with E-state index >= 15 is 0 Å². The molecule has 5 heteroatoms. The number of hydrogen-bond donors (Lipinski definition) is 1. The van der Waals surface area contributed by atoms with Crippen molar-refractivity contribution in [1.29, 1.82) is 0 Å². The van der Waals surface area contributed by atoms with Gasteiger partial charge in [0.25, 0.3) is 5.91 Å². The van der Waals surface area contributed by atoms with Crippen LogP contribution in [0.15, 0.2) is 60.1 Å². The molecule has 0 saturated heterocycles. The molecule has 146 valence electrons. The van der Waals surface area contributed by atoms with Gasteiger partial charge in [-0.1, -0.05) is 37.6 Å². The van der Waals surface area contributed by atoms with Gasteiger partial charge in [-0.3, -0.25) is 4.79 Å². The van der Waals surface area contributed by atoms with Gasteiger partial charge >= 0.3 is 0 Å². The van der Waals surface area contributed by atoms with Crippen LogP contribution in [-0.2, 0) is 6.54 Å². The highest BCUT2D eigenvalue weighted by Gasteiger charge is 2.07. The van der Waals surface area contributed by atoms with Gasteiger partial charge in [0.15, 0.2) is 0 Å². The number of aromatic nitrogens is 1. The van der Waals surface area contributed by atoms with Gasteiger partial charge < -0.3 is 10.1 Å². The molecule has 0 aliphatic rings. The van der Waals surface area contributed by atoms with E-state index in [1.807, 2.05) is 42.5 Å². The third-order valence-electron chi connectivity index (χ3n) is 4.35. The van der Waals surface area contributed by atoms with Crippen LogP contribution in [0, 0.1) is 0 Å². The number of nitrogens with one attached hydrogen (secondary N) is 1. The summed E-state index contributed by atoms with van der Waals surface area (Å²) in [4.78, 5) is 16.7. The van der Waals surface area contributed by atoms with Crippen molar-refractivity contribution in [3.8, 4) is 5.75 Å². The average molecular weight is 395 g/mol. The van der Waals surface area contributed by atoms with Gasteiger partial charge in [-0.25, -0.2) is 4.98 Å². The molecular formula is C23H26N2O2S. The van der Waals surface area contributed by atoms with Gasteiger partial charge in [-0.05, 0) is 55.2 Å². The van der Waals surface area contributed by atoms with Crippen LogP contribution in [-0.4, -0.2) is 17.5 Å². The monoisotopic (exact) mass is 394 g/mol. The molecule has 0 spiro atoms. The van der Waals surface area contributed by atoms with Gasteiger partial charge in [0.2, 0.25) is 0 Å². The maximum absolute atomic E-state index is 12.4. The van der Waals surface area contributed by atoms with Crippen LogP contribution in [0.5, 0.6) is 5.75 Å². The maximum atomic E-state index is 12.4. The predicted molar refractivity (Wildman–Crippen MR) is 116 cm³/mol. The van der Waals surface area contributed by atoms with Crippen LogP contribution in [0.2, 0.25) is 0 Å². The summed E-state index contributed by atoms with van der Waals surface area (Å²) in [5, 5.41) is 2.98. The summed E-state index contributed by atoms with van der Waals surface area (Å²) in [6.45, 7) is 3.35. The van der Waals surface area contributed by atoms with E-state index in [1.54, 1.807) is 5.51 Å². The second-order valence-electron chi connectivity index (χ2n) is 6.62. The zero-order valence-electron chi connectivity index (χ0n) is 16.2. The molecule has 1 amide bonds. The molecule has 0 aliphatic carbocycles. The number of nitrogens with zero attached hydrogens (tertiary/aromatic N) is 1. The molecule has 3 aromatic rings. The van der Waals surface area contributed by atoms with Crippen molar-refractivity contribution in [3.05, 3.63) is 71.3 Å². The van der Waals surface area contributed by atoms with Crippen molar-refractivity contribution in [3.63, 3.8) is 0 Å². The summed E-state index contributed by atoms with van der Waals surface area (Å²) >= 11 is 1.54. The summed E-state index contributed by atoms with van der Waals surface area (Å²) in [7, 11) is 0. The lowest BCUT2D eigenvalue weighted by Crippen LogP contribution is -2.22. The first-order valence-corrected chi connectivity index (χ1v) is 10.6. The van der Waals surface area contributed by atoms with E-state index in [0.29, 0.717) is 18.7 Å². The molecule has 3 rings (SSSR count). The third kappa shape index (κ3) is 5.92. The maximum Gasteiger partial charge on any atom is 0.251 e. The first-order valence-electron chi connectivity index (χ1n) is 9.74. The Hall–Kier alpha value is -2.66. The van der Waals surface area contributed by atoms with Crippen molar-refractivity contribution < 1.29 is 9.53 Å². The molecule has 4 nitrogen and oxygen atoms in total. The summed E-state index contributed by atoms with van der Waals surface area (Å²) in [6.07, 6.45) is 8.84. The highest BCUT2D eigenvalue weighted by Crippen LogP contribution is 2.19. The number of carbonyl (C=O) groups is 1. The SMILES string of the molecule is CCCC=CCCCOc1cccc(CNC(=O)c2ccc3ncsc3c2)c1. The largest absolute Gasteiger partial charge is 0.494 e. The fourth-order valence-corrected chi connectivity index (χ4v) is 3.54. The fraction of sp³-hybridized carbons (Fsp3) is 0.304. The Morgan fingerprint density at radius 2 is 2.07 bits per heavy atom. The lowest BCUT2D eigenvalue weighted by Gasteiger charge is -2.09. The predicted octanol–water partition coefficient (Wildman–Crippen LogP) is 5.74. The lowest BCUT2D eigenvalue weighted by molar-refractivity contribution is 0.0951. The minimum Gasteiger partial charge on any atom is -0.494 e. The molecule has 0 atom stereocenters. The molecule has 1 heterocycles. The van der Waals surface area contributed by atoms with Crippen LogP contribution in [0.3, 0.4) is 0 Å². The molecule has 0 aliphatic heterocycles. The van der Waals surface area contributed by atoms with E-state index in [9.17, 15) is 4.79 Å². The Bertz CT molecular complexity index is 933. The quantitative estimate of drug-likeness (QED) is 0.352. The molecule has 0 unspecified atom stereocenters. The average Bonchev–Trinajstić information content (AvgIpc) is 3.19. The van der Waals surface area contributed by atoms with Crippen LogP contribution in [0.25, 0.3) is 10.2 Å². The van der Waals surface area contributed by atoms with Gasteiger partial charge in [-0.2, -0.15) is 0 Å². The molecule has 28 heavy (non-hydrogen) atoms. The second kappa shape index (κ2) is 10.6. The summed E-state index contributed by atoms with van der Waals surface area (Å²) in [5.74, 6) is 0.760. The molecule has 0 bridgehead atoms. The zero-order chi connectivity index (χ0) is 19.6. The summed E-state index contributed by atoms with van der Waals surface area (Å²) in [5.41, 5.74) is 4.39. The van der Waals surface area contributed by atoms with Crippen LogP contribution in [0.4, 0.5) is 0 Å². The topological polar surface area (TPSA) is 51.2 Å². The number of thiazole rings is 1. The molecule has 0 radical (unpaired) electrons. The van der Waals surface area contributed by atoms with E-state index in [2.05, 4.69) is 29.4 Å². The zero-order valence-corrected chi connectivity index (χ0v) is 17.0. The second-order valence-corrected chi connectivity index (χ2v) is 7.50. The molecule has 0 fully saturated rings. The number of allylic oxidation sites excluding steroid dienone is 2. The van der Waals surface area contributed by atoms with Gasteiger partial charge in [0, 0.05) is 12.1 Å². The van der Waals surface area contributed by atoms with E-state index in [4.69, 9.17) is 4.74 Å². The van der Waals surface area contributed by atoms with Crippen LogP contribution < -0.4 is 10.1 Å². The van der Waals surface area contributed by atoms with Gasteiger partial charge in [-0.15, -0.1) is 11.3 Å². The number of fused-ring (bicyclic) bond motifs is 1. The summed E-state index contributed by atoms with van der Waals surface area (Å²) < 4.78 is 6.85. The lowest BCUT2D eigenvalue weighted by atomic mass is 10.2. The Labute approximate surface area is 170 Å². The Balaban J connectivity index is 1.46. The van der Waals surface area contributed by atoms with Gasteiger partial charge in [0.1, 0.15) is 5.75 Å². The van der Waals surface area contributed by atoms with Crippen molar-refractivity contribution in [2.75, 3.05) is 6.61 Å². The number of ether oxygens (including phenoxy) is 1. The van der Waals surface area contributed by atoms with Gasteiger partial charge in [0.05, 0.1) is 22.3 Å². The Morgan fingerprint density at radius 3 is 2.96 bits per heavy atom. The molecule has 1 aromatic heterocycles. The normalized spacial score (nSPS) is 11.2. The highest BCUT2D eigenvalue weighted by atomic mass is 32.1. The molecule has 2 aromatic carbocycles. The standard InChI is InChI=1S/C23H26N2O2S/c1-2-3-4-5-6-7-13-27-20-10-8-9-18(14-20)16-24-23(26)19-11-12-21-22(15-19)28-17-25-21/h4-5,8-12,14-15,17H,2-3,6-7,13,16H2,1H3,(H,24,26). The number of hydrogen-bond acceptors (Lipinski definition) is 4. The molecular weight excluding hydrogens is 368 g/mol. The van der Waals surface area contributed by atoms with Crippen molar-refractivity contribution in [1.82, 2.24) is 10.3 Å². The van der Waals surface area contributed by atoms with E-state index in [-0.39, 0.29) is 5.91 Å². The Morgan fingerprint density at radius 1 is 1.18 bits per heavy atom. The van der Waals surface area contributed by atoms with Crippen LogP contribution in [0.1, 0.15) is 48.5 Å². The molecule has 1 N–H and O–H groups in total. The number of benzene rings is 2. The van der Waals surface area contributed by atoms with Crippen LogP contribution >= 0.6 is 11.3 Å². The number of unbranched alkanes of at least 4 members (excludes halogenated alkanes) is 2. The smallest absolute Gasteiger partial charge is 0.251 e. The minimum absolute atomic E-state index is 0.0829. The molecule has 0 saturated carbocycles.